The molecule has 0 aliphatic carbocycles. The molecule has 0 spiro atoms. The van der Waals surface area contributed by atoms with Crippen molar-refractivity contribution >= 4 is 11.4 Å². The minimum atomic E-state index is -0.718. The summed E-state index contributed by atoms with van der Waals surface area (Å²) < 4.78 is 25.6. The second kappa shape index (κ2) is 4.07. The number of halogens is 2. The summed E-state index contributed by atoms with van der Waals surface area (Å²) in [7, 11) is 0. The Balaban J connectivity index is 3.13. The standard InChI is InChI=1S/C9H12F2N2/c1-2-13-9-6(5-10)3-7(12)4-8(9)11/h3-4,13H,2,5,12H2,1H3. The van der Waals surface area contributed by atoms with Crippen LogP contribution in [0.25, 0.3) is 0 Å². The highest BCUT2D eigenvalue weighted by Gasteiger charge is 2.08. The molecule has 0 saturated carbocycles. The van der Waals surface area contributed by atoms with Gasteiger partial charge in [-0.05, 0) is 19.1 Å². The third-order valence-corrected chi connectivity index (χ3v) is 1.69. The van der Waals surface area contributed by atoms with Gasteiger partial charge in [0.1, 0.15) is 12.5 Å². The lowest BCUT2D eigenvalue weighted by Gasteiger charge is -2.10. The highest BCUT2D eigenvalue weighted by Crippen LogP contribution is 2.23. The second-order valence-corrected chi connectivity index (χ2v) is 2.70. The maximum atomic E-state index is 13.2. The Kier molecular flexibility index (Phi) is 3.06. The van der Waals surface area contributed by atoms with Gasteiger partial charge in [-0.15, -0.1) is 0 Å². The van der Waals surface area contributed by atoms with E-state index in [1.165, 1.54) is 12.1 Å². The van der Waals surface area contributed by atoms with Crippen LogP contribution in [-0.4, -0.2) is 6.54 Å². The molecular weight excluding hydrogens is 174 g/mol. The molecule has 0 atom stereocenters. The third-order valence-electron chi connectivity index (χ3n) is 1.69. The first-order valence-corrected chi connectivity index (χ1v) is 4.06. The van der Waals surface area contributed by atoms with Crippen LogP contribution in [0.5, 0.6) is 0 Å². The van der Waals surface area contributed by atoms with E-state index < -0.39 is 12.5 Å². The normalized spacial score (nSPS) is 10.1. The number of nitrogen functional groups attached to an aromatic ring is 1. The molecule has 0 unspecified atom stereocenters. The summed E-state index contributed by atoms with van der Waals surface area (Å²) in [6.45, 7) is 1.65. The Morgan fingerprint density at radius 3 is 2.69 bits per heavy atom. The minimum absolute atomic E-state index is 0.208. The largest absolute Gasteiger partial charge is 0.399 e. The molecule has 1 rings (SSSR count). The van der Waals surface area contributed by atoms with Gasteiger partial charge in [0.05, 0.1) is 5.69 Å². The zero-order chi connectivity index (χ0) is 9.84. The molecule has 0 bridgehead atoms. The Bertz CT molecular complexity index is 300. The molecule has 0 heterocycles. The van der Waals surface area contributed by atoms with E-state index in [1.54, 1.807) is 0 Å². The predicted molar refractivity (Wildman–Crippen MR) is 49.8 cm³/mol. The fraction of sp³-hybridized carbons (Fsp3) is 0.333. The fourth-order valence-electron chi connectivity index (χ4n) is 1.17. The van der Waals surface area contributed by atoms with Gasteiger partial charge in [-0.2, -0.15) is 0 Å². The monoisotopic (exact) mass is 186 g/mol. The van der Waals surface area contributed by atoms with Gasteiger partial charge in [0, 0.05) is 17.8 Å². The molecule has 0 aliphatic heterocycles. The average Bonchev–Trinajstić information content (AvgIpc) is 2.09. The molecule has 13 heavy (non-hydrogen) atoms. The summed E-state index contributed by atoms with van der Waals surface area (Å²) >= 11 is 0. The molecule has 72 valence electrons. The second-order valence-electron chi connectivity index (χ2n) is 2.70. The number of alkyl halides is 1. The fourth-order valence-corrected chi connectivity index (χ4v) is 1.17. The Morgan fingerprint density at radius 2 is 2.15 bits per heavy atom. The Hall–Kier alpha value is -1.32. The first-order chi connectivity index (χ1) is 6.19. The lowest BCUT2D eigenvalue weighted by Crippen LogP contribution is -2.04. The first kappa shape index (κ1) is 9.77. The summed E-state index contributed by atoms with van der Waals surface area (Å²) in [6, 6.07) is 2.61. The van der Waals surface area contributed by atoms with Crippen LogP contribution in [0.1, 0.15) is 12.5 Å². The van der Waals surface area contributed by atoms with Gasteiger partial charge in [-0.25, -0.2) is 8.78 Å². The molecule has 0 saturated heterocycles. The van der Waals surface area contributed by atoms with Crippen LogP contribution < -0.4 is 11.1 Å². The molecule has 0 aromatic heterocycles. The van der Waals surface area contributed by atoms with Crippen LogP contribution in [0.2, 0.25) is 0 Å². The zero-order valence-electron chi connectivity index (χ0n) is 7.40. The quantitative estimate of drug-likeness (QED) is 0.711. The molecule has 2 nitrogen and oxygen atoms in total. The average molecular weight is 186 g/mol. The van der Waals surface area contributed by atoms with Crippen LogP contribution >= 0.6 is 0 Å². The van der Waals surface area contributed by atoms with E-state index in [1.807, 2.05) is 6.92 Å². The lowest BCUT2D eigenvalue weighted by molar-refractivity contribution is 0.484. The molecule has 3 N–H and O–H groups in total. The van der Waals surface area contributed by atoms with Crippen LogP contribution in [0.3, 0.4) is 0 Å². The van der Waals surface area contributed by atoms with Crippen LogP contribution in [0.15, 0.2) is 12.1 Å². The van der Waals surface area contributed by atoms with Gasteiger partial charge in [0.15, 0.2) is 0 Å². The minimum Gasteiger partial charge on any atom is -0.399 e. The molecule has 0 amide bonds. The van der Waals surface area contributed by atoms with Crippen LogP contribution in [0, 0.1) is 5.82 Å². The SMILES string of the molecule is CCNc1c(F)cc(N)cc1CF. The van der Waals surface area contributed by atoms with Crippen molar-refractivity contribution in [2.24, 2.45) is 0 Å². The number of rotatable bonds is 3. The van der Waals surface area contributed by atoms with Crippen molar-refractivity contribution < 1.29 is 8.78 Å². The topological polar surface area (TPSA) is 38.0 Å². The summed E-state index contributed by atoms with van der Waals surface area (Å²) in [5, 5.41) is 2.75. The predicted octanol–water partition coefficient (Wildman–Crippen LogP) is 2.31. The highest BCUT2D eigenvalue weighted by atomic mass is 19.1. The van der Waals surface area contributed by atoms with Gasteiger partial charge >= 0.3 is 0 Å². The molecule has 1 aromatic rings. The van der Waals surface area contributed by atoms with E-state index in [4.69, 9.17) is 5.73 Å². The maximum absolute atomic E-state index is 13.2. The van der Waals surface area contributed by atoms with Gasteiger partial charge in [0.2, 0.25) is 0 Å². The Morgan fingerprint density at radius 1 is 1.46 bits per heavy atom. The van der Waals surface area contributed by atoms with Gasteiger partial charge in [-0.3, -0.25) is 0 Å². The summed E-state index contributed by atoms with van der Waals surface area (Å²) in [4.78, 5) is 0. The van der Waals surface area contributed by atoms with Crippen molar-refractivity contribution in [3.05, 3.63) is 23.5 Å². The number of hydrogen-bond acceptors (Lipinski definition) is 2. The van der Waals surface area contributed by atoms with Crippen LogP contribution in [0.4, 0.5) is 20.2 Å². The van der Waals surface area contributed by atoms with E-state index >= 15 is 0 Å². The summed E-state index contributed by atoms with van der Waals surface area (Å²) in [5.41, 5.74) is 6.08. The Labute approximate surface area is 75.7 Å². The van der Waals surface area contributed by atoms with E-state index in [-0.39, 0.29) is 16.9 Å². The van der Waals surface area contributed by atoms with Crippen LogP contribution in [-0.2, 0) is 6.67 Å². The van der Waals surface area contributed by atoms with Gasteiger partial charge in [0.25, 0.3) is 0 Å². The lowest BCUT2D eigenvalue weighted by atomic mass is 10.1. The number of nitrogens with two attached hydrogens (primary N) is 1. The zero-order valence-corrected chi connectivity index (χ0v) is 7.40. The van der Waals surface area contributed by atoms with Crippen molar-refractivity contribution in [1.29, 1.82) is 0 Å². The summed E-state index contributed by atoms with van der Waals surface area (Å²) in [6.07, 6.45) is 0. The van der Waals surface area contributed by atoms with Gasteiger partial charge < -0.3 is 11.1 Å². The third kappa shape index (κ3) is 2.08. The van der Waals surface area contributed by atoms with Crippen molar-refractivity contribution in [2.45, 2.75) is 13.6 Å². The molecule has 0 aliphatic rings. The van der Waals surface area contributed by atoms with E-state index in [0.29, 0.717) is 6.54 Å². The molecule has 1 aromatic carbocycles. The van der Waals surface area contributed by atoms with Crippen molar-refractivity contribution in [2.75, 3.05) is 17.6 Å². The number of nitrogens with one attached hydrogen (secondary N) is 1. The van der Waals surface area contributed by atoms with Crippen molar-refractivity contribution in [3.63, 3.8) is 0 Å². The highest BCUT2D eigenvalue weighted by molar-refractivity contribution is 5.59. The first-order valence-electron chi connectivity index (χ1n) is 4.06. The van der Waals surface area contributed by atoms with Crippen molar-refractivity contribution in [1.82, 2.24) is 0 Å². The van der Waals surface area contributed by atoms with E-state index in [2.05, 4.69) is 5.32 Å². The number of hydrogen-bond donors (Lipinski definition) is 2. The van der Waals surface area contributed by atoms with Crippen molar-refractivity contribution in [3.8, 4) is 0 Å². The molecular formula is C9H12F2N2. The van der Waals surface area contributed by atoms with E-state index in [0.717, 1.165) is 0 Å². The molecule has 4 heteroatoms. The maximum Gasteiger partial charge on any atom is 0.148 e. The smallest absolute Gasteiger partial charge is 0.148 e. The number of anilines is 2. The van der Waals surface area contributed by atoms with E-state index in [9.17, 15) is 8.78 Å². The number of benzene rings is 1. The molecule has 0 fully saturated rings. The molecule has 0 radical (unpaired) electrons. The summed E-state index contributed by atoms with van der Waals surface area (Å²) in [5.74, 6) is -0.505. The van der Waals surface area contributed by atoms with Gasteiger partial charge in [-0.1, -0.05) is 0 Å².